The van der Waals surface area contributed by atoms with Gasteiger partial charge in [0.2, 0.25) is 5.95 Å². The van der Waals surface area contributed by atoms with Crippen LogP contribution in [0.4, 0.5) is 5.95 Å². The SMILES string of the molecule is CC(C)Cc1cnc(N(C)CC#N)nc1. The highest BCUT2D eigenvalue weighted by atomic mass is 15.2. The van der Waals surface area contributed by atoms with Crippen LogP contribution in [0.2, 0.25) is 0 Å². The van der Waals surface area contributed by atoms with Gasteiger partial charge in [-0.3, -0.25) is 0 Å². The monoisotopic (exact) mass is 204 g/mol. The minimum Gasteiger partial charge on any atom is -0.331 e. The molecule has 0 aliphatic rings. The number of hydrogen-bond acceptors (Lipinski definition) is 4. The molecule has 0 N–H and O–H groups in total. The van der Waals surface area contributed by atoms with Crippen molar-refractivity contribution in [3.05, 3.63) is 18.0 Å². The van der Waals surface area contributed by atoms with E-state index in [-0.39, 0.29) is 0 Å². The van der Waals surface area contributed by atoms with Crippen LogP contribution in [0.15, 0.2) is 12.4 Å². The molecule has 0 aliphatic carbocycles. The summed E-state index contributed by atoms with van der Waals surface area (Å²) in [5.74, 6) is 1.21. The average Bonchev–Trinajstić information content (AvgIpc) is 2.18. The predicted molar refractivity (Wildman–Crippen MR) is 59.5 cm³/mol. The molecule has 0 aromatic carbocycles. The molecule has 0 amide bonds. The van der Waals surface area contributed by atoms with Gasteiger partial charge in [-0.1, -0.05) is 13.8 Å². The zero-order valence-corrected chi connectivity index (χ0v) is 9.44. The van der Waals surface area contributed by atoms with Crippen LogP contribution in [0.1, 0.15) is 19.4 Å². The molecule has 4 nitrogen and oxygen atoms in total. The lowest BCUT2D eigenvalue weighted by atomic mass is 10.1. The second-order valence-electron chi connectivity index (χ2n) is 4.00. The summed E-state index contributed by atoms with van der Waals surface area (Å²) in [6.07, 6.45) is 4.65. The van der Waals surface area contributed by atoms with E-state index < -0.39 is 0 Å². The fourth-order valence-electron chi connectivity index (χ4n) is 1.30. The van der Waals surface area contributed by atoms with Gasteiger partial charge in [0.1, 0.15) is 6.54 Å². The summed E-state index contributed by atoms with van der Waals surface area (Å²) in [7, 11) is 1.81. The maximum Gasteiger partial charge on any atom is 0.225 e. The largest absolute Gasteiger partial charge is 0.331 e. The number of aromatic nitrogens is 2. The number of nitriles is 1. The minimum atomic E-state index is 0.309. The highest BCUT2D eigenvalue weighted by molar-refractivity contribution is 5.29. The summed E-state index contributed by atoms with van der Waals surface area (Å²) in [4.78, 5) is 10.1. The van der Waals surface area contributed by atoms with Crippen molar-refractivity contribution in [2.75, 3.05) is 18.5 Å². The van der Waals surface area contributed by atoms with Gasteiger partial charge in [0.25, 0.3) is 0 Å². The third-order valence-corrected chi connectivity index (χ3v) is 1.98. The quantitative estimate of drug-likeness (QED) is 0.699. The van der Waals surface area contributed by atoms with Gasteiger partial charge in [-0.2, -0.15) is 5.26 Å². The molecule has 0 saturated carbocycles. The van der Waals surface area contributed by atoms with Crippen LogP contribution in [0.25, 0.3) is 0 Å². The van der Waals surface area contributed by atoms with Crippen molar-refractivity contribution in [3.8, 4) is 6.07 Å². The average molecular weight is 204 g/mol. The van der Waals surface area contributed by atoms with Crippen molar-refractivity contribution >= 4 is 5.95 Å². The molecule has 0 unspecified atom stereocenters. The highest BCUT2D eigenvalue weighted by Gasteiger charge is 2.04. The first-order valence-electron chi connectivity index (χ1n) is 5.02. The Morgan fingerprint density at radius 1 is 1.40 bits per heavy atom. The van der Waals surface area contributed by atoms with Crippen molar-refractivity contribution in [1.82, 2.24) is 9.97 Å². The van der Waals surface area contributed by atoms with Crippen LogP contribution in [0.5, 0.6) is 0 Å². The molecule has 0 aliphatic heterocycles. The maximum absolute atomic E-state index is 8.52. The third-order valence-electron chi connectivity index (χ3n) is 1.98. The van der Waals surface area contributed by atoms with Crippen molar-refractivity contribution in [3.63, 3.8) is 0 Å². The predicted octanol–water partition coefficient (Wildman–Crippen LogP) is 1.63. The molecular formula is C11H16N4. The fraction of sp³-hybridized carbons (Fsp3) is 0.545. The summed E-state index contributed by atoms with van der Waals surface area (Å²) in [6, 6.07) is 2.06. The molecule has 0 atom stereocenters. The van der Waals surface area contributed by atoms with Crippen LogP contribution >= 0.6 is 0 Å². The lowest BCUT2D eigenvalue weighted by molar-refractivity contribution is 0.643. The molecular weight excluding hydrogens is 188 g/mol. The van der Waals surface area contributed by atoms with Crippen LogP contribution < -0.4 is 4.90 Å². The molecule has 15 heavy (non-hydrogen) atoms. The topological polar surface area (TPSA) is 52.8 Å². The lowest BCUT2D eigenvalue weighted by Gasteiger charge is -2.12. The normalized spacial score (nSPS) is 10.1. The Morgan fingerprint density at radius 2 is 2.00 bits per heavy atom. The second kappa shape index (κ2) is 5.30. The molecule has 80 valence electrons. The summed E-state index contributed by atoms with van der Waals surface area (Å²) in [5.41, 5.74) is 1.14. The Labute approximate surface area is 90.6 Å². The van der Waals surface area contributed by atoms with E-state index in [1.165, 1.54) is 0 Å². The summed E-state index contributed by atoms with van der Waals surface area (Å²) >= 11 is 0. The lowest BCUT2D eigenvalue weighted by Crippen LogP contribution is -2.19. The first kappa shape index (κ1) is 11.4. The van der Waals surface area contributed by atoms with Crippen molar-refractivity contribution in [2.24, 2.45) is 5.92 Å². The van der Waals surface area contributed by atoms with Crippen molar-refractivity contribution in [2.45, 2.75) is 20.3 Å². The van der Waals surface area contributed by atoms with E-state index in [1.54, 1.807) is 11.9 Å². The van der Waals surface area contributed by atoms with Gasteiger partial charge < -0.3 is 4.90 Å². The molecule has 1 aromatic heterocycles. The Morgan fingerprint density at radius 3 is 2.47 bits per heavy atom. The van der Waals surface area contributed by atoms with Gasteiger partial charge in [-0.25, -0.2) is 9.97 Å². The number of hydrogen-bond donors (Lipinski definition) is 0. The molecule has 0 radical (unpaired) electrons. The van der Waals surface area contributed by atoms with Crippen molar-refractivity contribution in [1.29, 1.82) is 5.26 Å². The highest BCUT2D eigenvalue weighted by Crippen LogP contribution is 2.08. The van der Waals surface area contributed by atoms with Gasteiger partial charge in [-0.05, 0) is 17.9 Å². The van der Waals surface area contributed by atoms with Crippen LogP contribution in [0, 0.1) is 17.2 Å². The Bertz CT molecular complexity index is 337. The van der Waals surface area contributed by atoms with Gasteiger partial charge in [0, 0.05) is 19.4 Å². The minimum absolute atomic E-state index is 0.309. The first-order valence-corrected chi connectivity index (χ1v) is 5.02. The van der Waals surface area contributed by atoms with E-state index in [4.69, 9.17) is 5.26 Å². The molecule has 0 bridgehead atoms. The summed E-state index contributed by atoms with van der Waals surface area (Å²) < 4.78 is 0. The molecule has 4 heteroatoms. The number of rotatable bonds is 4. The van der Waals surface area contributed by atoms with E-state index in [0.29, 0.717) is 18.4 Å². The third kappa shape index (κ3) is 3.55. The van der Waals surface area contributed by atoms with Gasteiger partial charge >= 0.3 is 0 Å². The fourth-order valence-corrected chi connectivity index (χ4v) is 1.30. The summed E-state index contributed by atoms with van der Waals surface area (Å²) in [6.45, 7) is 4.63. The van der Waals surface area contributed by atoms with Gasteiger partial charge in [0.05, 0.1) is 6.07 Å². The molecule has 1 aromatic rings. The van der Waals surface area contributed by atoms with Crippen LogP contribution in [-0.2, 0) is 6.42 Å². The molecule has 0 fully saturated rings. The molecule has 0 spiro atoms. The number of nitrogens with zero attached hydrogens (tertiary/aromatic N) is 4. The standard InChI is InChI=1S/C11H16N4/c1-9(2)6-10-7-13-11(14-8-10)15(3)5-4-12/h7-9H,5-6H2,1-3H3. The maximum atomic E-state index is 8.52. The smallest absolute Gasteiger partial charge is 0.225 e. The van der Waals surface area contributed by atoms with E-state index in [9.17, 15) is 0 Å². The van der Waals surface area contributed by atoms with Gasteiger partial charge in [-0.15, -0.1) is 0 Å². The zero-order valence-electron chi connectivity index (χ0n) is 9.44. The van der Waals surface area contributed by atoms with E-state index in [2.05, 4.69) is 29.9 Å². The second-order valence-corrected chi connectivity index (χ2v) is 4.00. The van der Waals surface area contributed by atoms with Crippen LogP contribution in [-0.4, -0.2) is 23.6 Å². The Balaban J connectivity index is 2.68. The van der Waals surface area contributed by atoms with Gasteiger partial charge in [0.15, 0.2) is 0 Å². The Hall–Kier alpha value is -1.63. The molecule has 0 saturated heterocycles. The Kier molecular flexibility index (Phi) is 4.04. The molecule has 1 rings (SSSR count). The zero-order chi connectivity index (χ0) is 11.3. The van der Waals surface area contributed by atoms with E-state index in [0.717, 1.165) is 12.0 Å². The first-order chi connectivity index (χ1) is 7.13. The van der Waals surface area contributed by atoms with E-state index >= 15 is 0 Å². The van der Waals surface area contributed by atoms with Crippen LogP contribution in [0.3, 0.4) is 0 Å². The van der Waals surface area contributed by atoms with E-state index in [1.807, 2.05) is 12.4 Å². The summed E-state index contributed by atoms with van der Waals surface area (Å²) in [5, 5.41) is 8.52. The molecule has 1 heterocycles. The number of anilines is 1. The van der Waals surface area contributed by atoms with Crippen molar-refractivity contribution < 1.29 is 0 Å².